The van der Waals surface area contributed by atoms with Crippen LogP contribution >= 0.6 is 0 Å². The quantitative estimate of drug-likeness (QED) is 0.422. The van der Waals surface area contributed by atoms with E-state index in [1.54, 1.807) is 18.2 Å². The first-order valence-corrected chi connectivity index (χ1v) is 11.9. The van der Waals surface area contributed by atoms with Gasteiger partial charge < -0.3 is 9.88 Å². The number of imidazole rings is 1. The summed E-state index contributed by atoms with van der Waals surface area (Å²) in [6.45, 7) is 3.85. The number of nitrogens with one attached hydrogen (secondary N) is 1. The Labute approximate surface area is 185 Å². The zero-order valence-corrected chi connectivity index (χ0v) is 18.4. The van der Waals surface area contributed by atoms with Crippen LogP contribution in [0.2, 0.25) is 0 Å². The summed E-state index contributed by atoms with van der Waals surface area (Å²) in [5.41, 5.74) is 1.14. The Morgan fingerprint density at radius 2 is 1.91 bits per heavy atom. The second-order valence-electron chi connectivity index (χ2n) is 7.66. The summed E-state index contributed by atoms with van der Waals surface area (Å²) in [5.74, 6) is -0.259. The number of anilines is 1. The highest BCUT2D eigenvalue weighted by Gasteiger charge is 2.26. The highest BCUT2D eigenvalue weighted by molar-refractivity contribution is 7.89. The van der Waals surface area contributed by atoms with Crippen LogP contribution in [0.25, 0.3) is 11.0 Å². The minimum atomic E-state index is -3.57. The summed E-state index contributed by atoms with van der Waals surface area (Å²) in [7, 11) is -3.57. The Morgan fingerprint density at radius 3 is 2.59 bits per heavy atom. The molecule has 1 saturated heterocycles. The number of benzene rings is 2. The lowest BCUT2D eigenvalue weighted by Gasteiger charge is -2.25. The predicted molar refractivity (Wildman–Crippen MR) is 118 cm³/mol. The van der Waals surface area contributed by atoms with Crippen LogP contribution in [0.1, 0.15) is 32.0 Å². The SMILES string of the molecule is CCn1c(CNc2ccc(F)c([N+](=O)[O-])c2)nc2cc(S(=O)(=O)N3CCCCC3)ccc21. The Balaban J connectivity index is 1.62. The maximum absolute atomic E-state index is 13.6. The van der Waals surface area contributed by atoms with Crippen molar-refractivity contribution in [3.05, 3.63) is 58.2 Å². The average Bonchev–Trinajstić information content (AvgIpc) is 3.15. The van der Waals surface area contributed by atoms with Gasteiger partial charge in [0.2, 0.25) is 15.8 Å². The summed E-state index contributed by atoms with van der Waals surface area (Å²) in [5, 5.41) is 14.0. The fourth-order valence-electron chi connectivity index (χ4n) is 4.01. The third-order valence-electron chi connectivity index (χ3n) is 5.66. The molecule has 1 aliphatic heterocycles. The molecule has 1 fully saturated rings. The van der Waals surface area contributed by atoms with Gasteiger partial charge >= 0.3 is 5.69 Å². The Kier molecular flexibility index (Phi) is 6.11. The molecule has 0 amide bonds. The fourth-order valence-corrected chi connectivity index (χ4v) is 5.54. The summed E-state index contributed by atoms with van der Waals surface area (Å²) in [6, 6.07) is 8.57. The third-order valence-corrected chi connectivity index (χ3v) is 7.56. The summed E-state index contributed by atoms with van der Waals surface area (Å²) >= 11 is 0. The smallest absolute Gasteiger partial charge is 0.306 e. The van der Waals surface area contributed by atoms with Gasteiger partial charge in [0.05, 0.1) is 27.4 Å². The number of hydrogen-bond donors (Lipinski definition) is 1. The molecule has 9 nitrogen and oxygen atoms in total. The molecule has 0 aliphatic carbocycles. The first-order chi connectivity index (χ1) is 15.3. The highest BCUT2D eigenvalue weighted by atomic mass is 32.2. The molecule has 11 heteroatoms. The minimum absolute atomic E-state index is 0.223. The maximum atomic E-state index is 13.6. The van der Waals surface area contributed by atoms with E-state index in [0.29, 0.717) is 36.7 Å². The molecule has 3 aromatic rings. The zero-order valence-electron chi connectivity index (χ0n) is 17.6. The van der Waals surface area contributed by atoms with E-state index < -0.39 is 26.5 Å². The van der Waals surface area contributed by atoms with Crippen molar-refractivity contribution >= 4 is 32.4 Å². The number of halogens is 1. The van der Waals surface area contributed by atoms with E-state index in [0.717, 1.165) is 36.9 Å². The molecule has 2 aromatic carbocycles. The van der Waals surface area contributed by atoms with E-state index >= 15 is 0 Å². The van der Waals surface area contributed by atoms with Gasteiger partial charge in [-0.15, -0.1) is 0 Å². The van der Waals surface area contributed by atoms with Crippen LogP contribution in [0.15, 0.2) is 41.3 Å². The van der Waals surface area contributed by atoms with Crippen molar-refractivity contribution in [3.8, 4) is 0 Å². The van der Waals surface area contributed by atoms with Crippen LogP contribution in [0.3, 0.4) is 0 Å². The van der Waals surface area contributed by atoms with Crippen LogP contribution in [0, 0.1) is 15.9 Å². The molecule has 1 aliphatic rings. The number of nitrogens with zero attached hydrogens (tertiary/aromatic N) is 4. The lowest BCUT2D eigenvalue weighted by Crippen LogP contribution is -2.35. The number of aromatic nitrogens is 2. The van der Waals surface area contributed by atoms with Crippen molar-refractivity contribution in [2.45, 2.75) is 44.2 Å². The van der Waals surface area contributed by atoms with Crippen LogP contribution in [-0.4, -0.2) is 40.3 Å². The molecule has 0 saturated carbocycles. The van der Waals surface area contributed by atoms with Gasteiger partial charge in [0.25, 0.3) is 0 Å². The van der Waals surface area contributed by atoms with Gasteiger partial charge in [-0.1, -0.05) is 6.42 Å². The van der Waals surface area contributed by atoms with Crippen LogP contribution in [0.4, 0.5) is 15.8 Å². The van der Waals surface area contributed by atoms with Crippen LogP contribution < -0.4 is 5.32 Å². The number of fused-ring (bicyclic) bond motifs is 1. The summed E-state index contributed by atoms with van der Waals surface area (Å²) in [4.78, 5) is 15.0. The normalized spacial score (nSPS) is 15.2. The van der Waals surface area contributed by atoms with E-state index in [2.05, 4.69) is 10.3 Å². The fraction of sp³-hybridized carbons (Fsp3) is 0.381. The third kappa shape index (κ3) is 4.17. The lowest BCUT2D eigenvalue weighted by molar-refractivity contribution is -0.387. The zero-order chi connectivity index (χ0) is 22.9. The van der Waals surface area contributed by atoms with E-state index in [-0.39, 0.29) is 11.4 Å². The van der Waals surface area contributed by atoms with Gasteiger partial charge in [0.1, 0.15) is 5.82 Å². The molecule has 0 bridgehead atoms. The van der Waals surface area contributed by atoms with Crippen LogP contribution in [0.5, 0.6) is 0 Å². The molecule has 0 radical (unpaired) electrons. The molecule has 1 aromatic heterocycles. The molecule has 4 rings (SSSR count). The van der Waals surface area contributed by atoms with Crippen molar-refractivity contribution in [1.29, 1.82) is 0 Å². The largest absolute Gasteiger partial charge is 0.378 e. The Morgan fingerprint density at radius 1 is 1.16 bits per heavy atom. The topological polar surface area (TPSA) is 110 Å². The maximum Gasteiger partial charge on any atom is 0.306 e. The Hall–Kier alpha value is -3.05. The standard InChI is InChI=1S/C21H24FN5O4S/c1-2-26-19-9-7-16(32(30,31)25-10-4-3-5-11-25)13-18(19)24-21(26)14-23-15-6-8-17(22)20(12-15)27(28)29/h6-9,12-13,23H,2-5,10-11,14H2,1H3. The number of piperidine rings is 1. The molecule has 32 heavy (non-hydrogen) atoms. The summed E-state index contributed by atoms with van der Waals surface area (Å²) in [6.07, 6.45) is 2.77. The van der Waals surface area contributed by atoms with Gasteiger partial charge in [0.15, 0.2) is 0 Å². The van der Waals surface area contributed by atoms with E-state index in [9.17, 15) is 22.9 Å². The predicted octanol–water partition coefficient (Wildman–Crippen LogP) is 3.89. The number of sulfonamides is 1. The van der Waals surface area contributed by atoms with Gasteiger partial charge in [-0.25, -0.2) is 13.4 Å². The lowest BCUT2D eigenvalue weighted by atomic mass is 10.2. The Bertz CT molecular complexity index is 1270. The van der Waals surface area contributed by atoms with Crippen molar-refractivity contribution in [3.63, 3.8) is 0 Å². The second-order valence-corrected chi connectivity index (χ2v) is 9.60. The number of nitro groups is 1. The van der Waals surface area contributed by atoms with Gasteiger partial charge in [-0.2, -0.15) is 8.70 Å². The first-order valence-electron chi connectivity index (χ1n) is 10.5. The summed E-state index contributed by atoms with van der Waals surface area (Å²) < 4.78 is 43.1. The number of nitro benzene ring substituents is 1. The monoisotopic (exact) mass is 461 g/mol. The van der Waals surface area contributed by atoms with Gasteiger partial charge in [-0.05, 0) is 50.1 Å². The van der Waals surface area contributed by atoms with Gasteiger partial charge in [0, 0.05) is 31.4 Å². The van der Waals surface area contributed by atoms with E-state index in [4.69, 9.17) is 0 Å². The molecule has 0 atom stereocenters. The molecule has 0 unspecified atom stereocenters. The molecule has 2 heterocycles. The minimum Gasteiger partial charge on any atom is -0.378 e. The number of aryl methyl sites for hydroxylation is 1. The van der Waals surface area contributed by atoms with E-state index in [1.807, 2.05) is 11.5 Å². The molecular weight excluding hydrogens is 437 g/mol. The number of hydrogen-bond acceptors (Lipinski definition) is 6. The molecule has 0 spiro atoms. The van der Waals surface area contributed by atoms with Crippen molar-refractivity contribution in [2.24, 2.45) is 0 Å². The van der Waals surface area contributed by atoms with E-state index in [1.165, 1.54) is 10.4 Å². The van der Waals surface area contributed by atoms with Crippen molar-refractivity contribution < 1.29 is 17.7 Å². The van der Waals surface area contributed by atoms with Crippen molar-refractivity contribution in [2.75, 3.05) is 18.4 Å². The van der Waals surface area contributed by atoms with Gasteiger partial charge in [-0.3, -0.25) is 10.1 Å². The molecule has 170 valence electrons. The molecule has 1 N–H and O–H groups in total. The highest BCUT2D eigenvalue weighted by Crippen LogP contribution is 2.26. The second kappa shape index (κ2) is 8.83. The first kappa shape index (κ1) is 22.2. The average molecular weight is 462 g/mol. The van der Waals surface area contributed by atoms with Crippen molar-refractivity contribution in [1.82, 2.24) is 13.9 Å². The molecular formula is C21H24FN5O4S. The number of rotatable bonds is 7. The van der Waals surface area contributed by atoms with Crippen LogP contribution in [-0.2, 0) is 23.1 Å².